The fourth-order valence-electron chi connectivity index (χ4n) is 4.84. The van der Waals surface area contributed by atoms with Gasteiger partial charge in [0.2, 0.25) is 10.0 Å². The van der Waals surface area contributed by atoms with Gasteiger partial charge in [-0.05, 0) is 62.5 Å². The first kappa shape index (κ1) is 22.3. The van der Waals surface area contributed by atoms with Crippen molar-refractivity contribution in [3.05, 3.63) is 76.8 Å². The summed E-state index contributed by atoms with van der Waals surface area (Å²) in [6, 6.07) is 16.8. The zero-order valence-corrected chi connectivity index (χ0v) is 21.0. The Morgan fingerprint density at radius 3 is 2.47 bits per heavy atom. The maximum atomic E-state index is 12.6. The third-order valence-corrected chi connectivity index (χ3v) is 8.21. The first-order valence-electron chi connectivity index (χ1n) is 11.4. The maximum Gasteiger partial charge on any atom is 0.328 e. The molecule has 36 heavy (non-hydrogen) atoms. The van der Waals surface area contributed by atoms with Crippen LogP contribution in [0.3, 0.4) is 0 Å². The predicted octanol–water partition coefficient (Wildman–Crippen LogP) is 3.58. The molecule has 182 valence electrons. The molecule has 3 aromatic carbocycles. The number of nitrogens with one attached hydrogen (secondary N) is 2. The van der Waals surface area contributed by atoms with Crippen LogP contribution in [0.2, 0.25) is 0 Å². The van der Waals surface area contributed by atoms with Gasteiger partial charge in [-0.15, -0.1) is 0 Å². The van der Waals surface area contributed by atoms with Gasteiger partial charge in [-0.3, -0.25) is 13.7 Å². The number of sulfonamides is 1. The third kappa shape index (κ3) is 3.15. The van der Waals surface area contributed by atoms with Crippen molar-refractivity contribution < 1.29 is 8.42 Å². The Hall–Kier alpha value is -4.15. The Labute approximate surface area is 206 Å². The number of nitrogens with zero attached hydrogens (tertiary/aromatic N) is 4. The number of hydrogen-bond acceptors (Lipinski definition) is 4. The number of imidazole rings is 2. The first-order valence-corrected chi connectivity index (χ1v) is 12.9. The minimum atomic E-state index is -3.66. The zero-order chi connectivity index (χ0) is 25.4. The number of rotatable bonds is 4. The van der Waals surface area contributed by atoms with Crippen molar-refractivity contribution in [2.24, 2.45) is 14.1 Å². The Morgan fingerprint density at radius 1 is 0.917 bits per heavy atom. The average Bonchev–Trinajstić information content (AvgIpc) is 3.52. The van der Waals surface area contributed by atoms with Crippen molar-refractivity contribution >= 4 is 43.0 Å². The van der Waals surface area contributed by atoms with Crippen LogP contribution in [-0.4, -0.2) is 39.1 Å². The van der Waals surface area contributed by atoms with Gasteiger partial charge in [0, 0.05) is 42.4 Å². The van der Waals surface area contributed by atoms with E-state index in [1.54, 1.807) is 41.4 Å². The molecule has 6 rings (SSSR count). The fourth-order valence-corrected chi connectivity index (χ4v) is 5.59. The highest BCUT2D eigenvalue weighted by Crippen LogP contribution is 2.35. The number of H-pyrrole nitrogens is 1. The van der Waals surface area contributed by atoms with E-state index < -0.39 is 10.0 Å². The summed E-state index contributed by atoms with van der Waals surface area (Å²) >= 11 is 0. The lowest BCUT2D eigenvalue weighted by atomic mass is 10.1. The number of aryl methyl sites for hydroxylation is 3. The molecule has 0 amide bonds. The highest BCUT2D eigenvalue weighted by molar-refractivity contribution is 7.89. The summed E-state index contributed by atoms with van der Waals surface area (Å²) in [6.45, 7) is 2.04. The quantitative estimate of drug-likeness (QED) is 0.386. The van der Waals surface area contributed by atoms with Crippen LogP contribution < -0.4 is 10.4 Å². The van der Waals surface area contributed by atoms with Gasteiger partial charge >= 0.3 is 5.69 Å². The Bertz CT molecular complexity index is 2010. The van der Waals surface area contributed by atoms with Crippen molar-refractivity contribution in [2.45, 2.75) is 11.8 Å². The first-order chi connectivity index (χ1) is 17.2. The second-order valence-corrected chi connectivity index (χ2v) is 10.8. The SMILES string of the molecule is CNS(=O)(=O)c1ccc2nc(-c3c[nH]c4ccc(C)cc34)n(-c3ccc4c(c3)n(C)c(=O)n4C)c2c1. The van der Waals surface area contributed by atoms with Crippen molar-refractivity contribution in [1.82, 2.24) is 28.4 Å². The summed E-state index contributed by atoms with van der Waals surface area (Å²) in [6.07, 6.45) is 1.92. The van der Waals surface area contributed by atoms with Crippen molar-refractivity contribution in [2.75, 3.05) is 7.05 Å². The summed E-state index contributed by atoms with van der Waals surface area (Å²) in [7, 11) is 1.21. The molecule has 0 saturated carbocycles. The van der Waals surface area contributed by atoms with Crippen LogP contribution in [0.1, 0.15) is 5.56 Å². The Kier molecular flexibility index (Phi) is 4.76. The fraction of sp³-hybridized carbons (Fsp3) is 0.154. The largest absolute Gasteiger partial charge is 0.360 e. The van der Waals surface area contributed by atoms with Gasteiger partial charge in [-0.2, -0.15) is 0 Å². The van der Waals surface area contributed by atoms with E-state index in [0.29, 0.717) is 16.9 Å². The van der Waals surface area contributed by atoms with Crippen molar-refractivity contribution in [3.63, 3.8) is 0 Å². The monoisotopic (exact) mass is 500 g/mol. The van der Waals surface area contributed by atoms with Gasteiger partial charge < -0.3 is 4.98 Å². The Morgan fingerprint density at radius 2 is 1.69 bits per heavy atom. The van der Waals surface area contributed by atoms with Crippen LogP contribution in [0.25, 0.3) is 50.0 Å². The lowest BCUT2D eigenvalue weighted by Gasteiger charge is -2.11. The molecule has 0 spiro atoms. The summed E-state index contributed by atoms with van der Waals surface area (Å²) in [4.78, 5) is 21.0. The molecule has 6 aromatic rings. The second-order valence-electron chi connectivity index (χ2n) is 8.95. The highest BCUT2D eigenvalue weighted by Gasteiger charge is 2.21. The molecule has 0 fully saturated rings. The molecular formula is C26H24N6O3S. The van der Waals surface area contributed by atoms with E-state index >= 15 is 0 Å². The molecule has 3 heterocycles. The lowest BCUT2D eigenvalue weighted by molar-refractivity contribution is 0.588. The standard InChI is InChI=1S/C26H24N6O3S/c1-15-5-8-20-18(11-15)19(14-28-20)25-29-21-9-7-17(36(34,35)27-2)13-23(21)32(25)16-6-10-22-24(12-16)31(4)26(33)30(22)3/h5-14,27-28H,1-4H3. The van der Waals surface area contributed by atoms with E-state index in [4.69, 9.17) is 4.98 Å². The minimum Gasteiger partial charge on any atom is -0.360 e. The third-order valence-electron chi connectivity index (χ3n) is 6.80. The van der Waals surface area contributed by atoms with Crippen molar-refractivity contribution in [1.29, 1.82) is 0 Å². The maximum absolute atomic E-state index is 12.6. The van der Waals surface area contributed by atoms with E-state index in [2.05, 4.69) is 15.8 Å². The van der Waals surface area contributed by atoms with Gasteiger partial charge in [0.15, 0.2) is 0 Å². The molecular weight excluding hydrogens is 476 g/mol. The molecule has 2 N–H and O–H groups in total. The van der Waals surface area contributed by atoms with E-state index in [-0.39, 0.29) is 10.6 Å². The molecule has 10 heteroatoms. The van der Waals surface area contributed by atoms with Crippen LogP contribution in [-0.2, 0) is 24.1 Å². The summed E-state index contributed by atoms with van der Waals surface area (Å²) in [5.41, 5.74) is 6.51. The number of benzene rings is 3. The molecule has 0 atom stereocenters. The average molecular weight is 501 g/mol. The summed E-state index contributed by atoms with van der Waals surface area (Å²) < 4.78 is 32.8. The van der Waals surface area contributed by atoms with Crippen molar-refractivity contribution in [3.8, 4) is 17.1 Å². The highest BCUT2D eigenvalue weighted by atomic mass is 32.2. The molecule has 0 aliphatic carbocycles. The van der Waals surface area contributed by atoms with Gasteiger partial charge in [-0.1, -0.05) is 11.6 Å². The number of fused-ring (bicyclic) bond motifs is 3. The van der Waals surface area contributed by atoms with Crippen LogP contribution in [0, 0.1) is 6.92 Å². The van der Waals surface area contributed by atoms with Crippen LogP contribution >= 0.6 is 0 Å². The van der Waals surface area contributed by atoms with Gasteiger partial charge in [-0.25, -0.2) is 22.9 Å². The number of aromatic amines is 1. The van der Waals surface area contributed by atoms with Gasteiger partial charge in [0.1, 0.15) is 5.82 Å². The number of aromatic nitrogens is 5. The van der Waals surface area contributed by atoms with Crippen LogP contribution in [0.15, 0.2) is 70.5 Å². The predicted molar refractivity (Wildman–Crippen MR) is 141 cm³/mol. The van der Waals surface area contributed by atoms with E-state index in [1.165, 1.54) is 7.05 Å². The molecule has 9 nitrogen and oxygen atoms in total. The zero-order valence-electron chi connectivity index (χ0n) is 20.2. The molecule has 0 unspecified atom stereocenters. The van der Waals surface area contributed by atoms with E-state index in [9.17, 15) is 13.2 Å². The summed E-state index contributed by atoms with van der Waals surface area (Å²) in [5.74, 6) is 0.668. The van der Waals surface area contributed by atoms with Gasteiger partial charge in [0.05, 0.1) is 27.0 Å². The molecule has 0 aliphatic heterocycles. The summed E-state index contributed by atoms with van der Waals surface area (Å²) in [5, 5.41) is 1.02. The Balaban J connectivity index is 1.73. The molecule has 0 radical (unpaired) electrons. The van der Waals surface area contributed by atoms with E-state index in [1.807, 2.05) is 48.0 Å². The van der Waals surface area contributed by atoms with E-state index in [0.717, 1.165) is 38.8 Å². The van der Waals surface area contributed by atoms with Crippen LogP contribution in [0.4, 0.5) is 0 Å². The normalized spacial score (nSPS) is 12.3. The van der Waals surface area contributed by atoms with Gasteiger partial charge in [0.25, 0.3) is 0 Å². The second kappa shape index (κ2) is 7.67. The molecule has 0 bridgehead atoms. The molecule has 0 saturated heterocycles. The topological polar surface area (TPSA) is 107 Å². The van der Waals surface area contributed by atoms with Crippen LogP contribution in [0.5, 0.6) is 0 Å². The minimum absolute atomic E-state index is 0.118. The number of hydrogen-bond donors (Lipinski definition) is 2. The molecule has 0 aliphatic rings. The lowest BCUT2D eigenvalue weighted by Crippen LogP contribution is -2.19. The molecule has 3 aromatic heterocycles. The smallest absolute Gasteiger partial charge is 0.328 e.